The van der Waals surface area contributed by atoms with E-state index in [1.165, 1.54) is 4.88 Å². The molecule has 0 aliphatic carbocycles. The summed E-state index contributed by atoms with van der Waals surface area (Å²) in [7, 11) is 0. The van der Waals surface area contributed by atoms with Gasteiger partial charge in [0.2, 0.25) is 0 Å². The summed E-state index contributed by atoms with van der Waals surface area (Å²) < 4.78 is 5.65. The largest absolute Gasteiger partial charge is 0.492 e. The van der Waals surface area contributed by atoms with Gasteiger partial charge in [0.05, 0.1) is 24.0 Å². The molecule has 0 aliphatic rings. The Balaban J connectivity index is 1.81. The molecule has 96 valence electrons. The Hall–Kier alpha value is -1.46. The first-order valence-corrected chi connectivity index (χ1v) is 6.84. The lowest BCUT2D eigenvalue weighted by atomic mass is 10.3. The van der Waals surface area contributed by atoms with E-state index in [1.54, 1.807) is 17.5 Å². The number of rotatable bonds is 6. The molecule has 0 radical (unpaired) electrons. The number of nitrogens with zero attached hydrogens (tertiary/aromatic N) is 2. The van der Waals surface area contributed by atoms with E-state index in [9.17, 15) is 0 Å². The van der Waals surface area contributed by atoms with E-state index in [2.05, 4.69) is 9.97 Å². The first kappa shape index (κ1) is 13.0. The first-order chi connectivity index (χ1) is 8.79. The van der Waals surface area contributed by atoms with Crippen molar-refractivity contribution >= 4 is 11.3 Å². The summed E-state index contributed by atoms with van der Waals surface area (Å²) in [5, 5.41) is 0. The van der Waals surface area contributed by atoms with Crippen molar-refractivity contribution in [1.82, 2.24) is 9.97 Å². The van der Waals surface area contributed by atoms with Crippen molar-refractivity contribution < 1.29 is 4.74 Å². The van der Waals surface area contributed by atoms with Crippen LogP contribution < -0.4 is 10.5 Å². The summed E-state index contributed by atoms with van der Waals surface area (Å²) in [5.74, 6) is 0.804. The molecule has 0 saturated heterocycles. The van der Waals surface area contributed by atoms with Crippen LogP contribution in [0.3, 0.4) is 0 Å². The van der Waals surface area contributed by atoms with Crippen LogP contribution in [0.25, 0.3) is 0 Å². The van der Waals surface area contributed by atoms with Gasteiger partial charge in [-0.15, -0.1) is 11.3 Å². The van der Waals surface area contributed by atoms with Crippen LogP contribution in [0.2, 0.25) is 0 Å². The van der Waals surface area contributed by atoms with Gasteiger partial charge in [-0.2, -0.15) is 0 Å². The molecular weight excluding hydrogens is 246 g/mol. The van der Waals surface area contributed by atoms with Crippen LogP contribution in [-0.4, -0.2) is 23.1 Å². The molecule has 2 rings (SSSR count). The lowest BCUT2D eigenvalue weighted by Crippen LogP contribution is -2.05. The number of thiazole rings is 1. The zero-order valence-electron chi connectivity index (χ0n) is 10.4. The van der Waals surface area contributed by atoms with Crippen molar-refractivity contribution in [3.63, 3.8) is 0 Å². The second-order valence-electron chi connectivity index (χ2n) is 3.98. The van der Waals surface area contributed by atoms with Gasteiger partial charge in [-0.25, -0.2) is 4.98 Å². The summed E-state index contributed by atoms with van der Waals surface area (Å²) in [5.41, 5.74) is 9.44. The fraction of sp³-hybridized carbons (Fsp3) is 0.385. The third-order valence-electron chi connectivity index (χ3n) is 2.64. The highest BCUT2D eigenvalue weighted by atomic mass is 32.1. The zero-order valence-corrected chi connectivity index (χ0v) is 11.2. The first-order valence-electron chi connectivity index (χ1n) is 5.96. The van der Waals surface area contributed by atoms with Gasteiger partial charge in [-0.3, -0.25) is 4.98 Å². The van der Waals surface area contributed by atoms with Crippen molar-refractivity contribution in [3.8, 4) is 5.75 Å². The number of ether oxygens (including phenoxy) is 1. The molecule has 2 heterocycles. The molecule has 0 aromatic carbocycles. The molecule has 0 bridgehead atoms. The smallest absolute Gasteiger partial charge is 0.137 e. The second-order valence-corrected chi connectivity index (χ2v) is 4.92. The van der Waals surface area contributed by atoms with Gasteiger partial charge in [0.1, 0.15) is 5.75 Å². The number of aromatic nitrogens is 2. The minimum Gasteiger partial charge on any atom is -0.492 e. The van der Waals surface area contributed by atoms with Gasteiger partial charge in [-0.1, -0.05) is 0 Å². The van der Waals surface area contributed by atoms with Crippen LogP contribution in [0.15, 0.2) is 23.8 Å². The highest BCUT2D eigenvalue weighted by Crippen LogP contribution is 2.14. The minimum absolute atomic E-state index is 0.623. The number of hydrogen-bond acceptors (Lipinski definition) is 5. The third-order valence-corrected chi connectivity index (χ3v) is 3.64. The SMILES string of the molecule is Cc1ncsc1CCOc1ccc(CCN)nc1. The van der Waals surface area contributed by atoms with E-state index >= 15 is 0 Å². The molecule has 2 aromatic rings. The molecule has 0 saturated carbocycles. The maximum absolute atomic E-state index is 5.65. The van der Waals surface area contributed by atoms with E-state index < -0.39 is 0 Å². The lowest BCUT2D eigenvalue weighted by molar-refractivity contribution is 0.321. The minimum atomic E-state index is 0.623. The predicted octanol–water partition coefficient (Wildman–Crippen LogP) is 1.97. The van der Waals surface area contributed by atoms with Crippen molar-refractivity contribution in [2.45, 2.75) is 19.8 Å². The van der Waals surface area contributed by atoms with Crippen LogP contribution in [-0.2, 0) is 12.8 Å². The van der Waals surface area contributed by atoms with Crippen LogP contribution in [0.1, 0.15) is 16.3 Å². The van der Waals surface area contributed by atoms with Crippen LogP contribution in [0.4, 0.5) is 0 Å². The number of nitrogens with two attached hydrogens (primary N) is 1. The Morgan fingerprint density at radius 3 is 2.78 bits per heavy atom. The van der Waals surface area contributed by atoms with Gasteiger partial charge < -0.3 is 10.5 Å². The zero-order chi connectivity index (χ0) is 12.8. The highest BCUT2D eigenvalue weighted by molar-refractivity contribution is 7.09. The monoisotopic (exact) mass is 263 g/mol. The van der Waals surface area contributed by atoms with E-state index in [0.717, 1.165) is 30.0 Å². The van der Waals surface area contributed by atoms with E-state index in [4.69, 9.17) is 10.5 Å². The van der Waals surface area contributed by atoms with Crippen molar-refractivity contribution in [2.24, 2.45) is 5.73 Å². The van der Waals surface area contributed by atoms with Gasteiger partial charge in [0.25, 0.3) is 0 Å². The normalized spacial score (nSPS) is 10.6. The fourth-order valence-corrected chi connectivity index (χ4v) is 2.38. The summed E-state index contributed by atoms with van der Waals surface area (Å²) >= 11 is 1.67. The summed E-state index contributed by atoms with van der Waals surface area (Å²) in [6, 6.07) is 3.90. The number of hydrogen-bond donors (Lipinski definition) is 1. The van der Waals surface area contributed by atoms with Crippen LogP contribution in [0, 0.1) is 6.92 Å². The molecule has 0 spiro atoms. The van der Waals surface area contributed by atoms with Gasteiger partial charge in [0.15, 0.2) is 0 Å². The third kappa shape index (κ3) is 3.51. The van der Waals surface area contributed by atoms with E-state index in [0.29, 0.717) is 13.2 Å². The topological polar surface area (TPSA) is 61.0 Å². The number of pyridine rings is 1. The molecule has 2 N–H and O–H groups in total. The maximum atomic E-state index is 5.65. The molecule has 0 unspecified atom stereocenters. The van der Waals surface area contributed by atoms with Crippen LogP contribution in [0.5, 0.6) is 5.75 Å². The van der Waals surface area contributed by atoms with Gasteiger partial charge >= 0.3 is 0 Å². The molecule has 5 heteroatoms. The average molecular weight is 263 g/mol. The van der Waals surface area contributed by atoms with Crippen molar-refractivity contribution in [3.05, 3.63) is 40.1 Å². The standard InChI is InChI=1S/C13H17N3OS/c1-10-13(18-9-16-10)5-7-17-12-3-2-11(4-6-14)15-8-12/h2-3,8-9H,4-7,14H2,1H3. The molecule has 18 heavy (non-hydrogen) atoms. The van der Waals surface area contributed by atoms with Crippen molar-refractivity contribution in [1.29, 1.82) is 0 Å². The van der Waals surface area contributed by atoms with Gasteiger partial charge in [0, 0.05) is 23.4 Å². The quantitative estimate of drug-likeness (QED) is 0.865. The Morgan fingerprint density at radius 2 is 2.17 bits per heavy atom. The average Bonchev–Trinajstić information content (AvgIpc) is 2.78. The molecule has 0 fully saturated rings. The fourth-order valence-electron chi connectivity index (χ4n) is 1.62. The Labute approximate surface area is 111 Å². The Morgan fingerprint density at radius 1 is 1.28 bits per heavy atom. The Kier molecular flexibility index (Phi) is 4.66. The van der Waals surface area contributed by atoms with Crippen LogP contribution >= 0.6 is 11.3 Å². The summed E-state index contributed by atoms with van der Waals surface area (Å²) in [6.07, 6.45) is 3.45. The highest BCUT2D eigenvalue weighted by Gasteiger charge is 2.02. The van der Waals surface area contributed by atoms with Gasteiger partial charge in [-0.05, 0) is 25.6 Å². The molecular formula is C13H17N3OS. The molecule has 2 aromatic heterocycles. The summed E-state index contributed by atoms with van der Waals surface area (Å²) in [6.45, 7) is 3.30. The predicted molar refractivity (Wildman–Crippen MR) is 73.0 cm³/mol. The molecule has 0 aliphatic heterocycles. The molecule has 0 atom stereocenters. The number of aryl methyl sites for hydroxylation is 1. The molecule has 0 amide bonds. The summed E-state index contributed by atoms with van der Waals surface area (Å²) in [4.78, 5) is 9.78. The molecule has 4 nitrogen and oxygen atoms in total. The van der Waals surface area contributed by atoms with E-state index in [1.807, 2.05) is 24.6 Å². The maximum Gasteiger partial charge on any atom is 0.137 e. The van der Waals surface area contributed by atoms with E-state index in [-0.39, 0.29) is 0 Å². The Bertz CT molecular complexity index is 481. The van der Waals surface area contributed by atoms with Crippen molar-refractivity contribution in [2.75, 3.05) is 13.2 Å². The second kappa shape index (κ2) is 6.47. The lowest BCUT2D eigenvalue weighted by Gasteiger charge is -2.06.